The molecule has 0 spiro atoms. The molecule has 0 unspecified atom stereocenters. The van der Waals surface area contributed by atoms with Crippen molar-refractivity contribution in [2.45, 2.75) is 40.5 Å². The van der Waals surface area contributed by atoms with Crippen LogP contribution in [0.3, 0.4) is 0 Å². The van der Waals surface area contributed by atoms with Gasteiger partial charge in [-0.2, -0.15) is 0 Å². The molecule has 0 amide bonds. The number of benzene rings is 1. The summed E-state index contributed by atoms with van der Waals surface area (Å²) >= 11 is 0. The number of esters is 1. The number of ether oxygens (including phenoxy) is 1. The van der Waals surface area contributed by atoms with Crippen molar-refractivity contribution in [3.8, 4) is 0 Å². The van der Waals surface area contributed by atoms with E-state index < -0.39 is 5.97 Å². The van der Waals surface area contributed by atoms with E-state index in [1.165, 1.54) is 5.56 Å². The molecule has 0 saturated carbocycles. The van der Waals surface area contributed by atoms with Gasteiger partial charge in [-0.25, -0.2) is 0 Å². The van der Waals surface area contributed by atoms with Crippen molar-refractivity contribution in [3.63, 3.8) is 0 Å². The van der Waals surface area contributed by atoms with Gasteiger partial charge in [0.05, 0.1) is 6.61 Å². The summed E-state index contributed by atoms with van der Waals surface area (Å²) in [6, 6.07) is 4.11. The topological polar surface area (TPSA) is 43.4 Å². The van der Waals surface area contributed by atoms with E-state index in [-0.39, 0.29) is 12.2 Å². The Bertz CT molecular complexity index is 438. The van der Waals surface area contributed by atoms with Crippen LogP contribution in [-0.2, 0) is 20.7 Å². The van der Waals surface area contributed by atoms with Crippen LogP contribution in [0.25, 0.3) is 0 Å². The van der Waals surface area contributed by atoms with Crippen molar-refractivity contribution in [1.29, 1.82) is 0 Å². The van der Waals surface area contributed by atoms with Crippen molar-refractivity contribution < 1.29 is 14.3 Å². The van der Waals surface area contributed by atoms with Crippen molar-refractivity contribution in [3.05, 3.63) is 34.4 Å². The molecule has 1 aromatic rings. The highest BCUT2D eigenvalue weighted by atomic mass is 16.5. The zero-order valence-corrected chi connectivity index (χ0v) is 11.5. The van der Waals surface area contributed by atoms with Crippen LogP contribution in [0.15, 0.2) is 12.1 Å². The summed E-state index contributed by atoms with van der Waals surface area (Å²) in [7, 11) is 0. The minimum absolute atomic E-state index is 0.0940. The largest absolute Gasteiger partial charge is 0.466 e. The Labute approximate surface area is 108 Å². The van der Waals surface area contributed by atoms with Gasteiger partial charge in [-0.3, -0.25) is 9.59 Å². The first-order valence-corrected chi connectivity index (χ1v) is 6.18. The van der Waals surface area contributed by atoms with Gasteiger partial charge in [0.1, 0.15) is 12.2 Å². The fourth-order valence-electron chi connectivity index (χ4n) is 2.12. The summed E-state index contributed by atoms with van der Waals surface area (Å²) in [6.45, 7) is 8.06. The first kappa shape index (κ1) is 14.4. The quantitative estimate of drug-likeness (QED) is 0.594. The van der Waals surface area contributed by atoms with E-state index in [1.807, 2.05) is 20.8 Å². The summed E-state index contributed by atoms with van der Waals surface area (Å²) in [5.74, 6) is -0.534. The highest BCUT2D eigenvalue weighted by molar-refractivity contribution is 5.96. The molecule has 3 nitrogen and oxygen atoms in total. The van der Waals surface area contributed by atoms with E-state index in [4.69, 9.17) is 4.74 Å². The molecule has 1 rings (SSSR count). The van der Waals surface area contributed by atoms with Crippen LogP contribution in [0, 0.1) is 20.8 Å². The fourth-order valence-corrected chi connectivity index (χ4v) is 2.12. The van der Waals surface area contributed by atoms with Crippen LogP contribution >= 0.6 is 0 Å². The summed E-state index contributed by atoms with van der Waals surface area (Å²) in [5.41, 5.74) is 4.41. The first-order valence-electron chi connectivity index (χ1n) is 6.18. The van der Waals surface area contributed by atoms with Crippen molar-refractivity contribution in [2.24, 2.45) is 0 Å². The molecule has 0 radical (unpaired) electrons. The Hall–Kier alpha value is -1.64. The smallest absolute Gasteiger partial charge is 0.313 e. The molecule has 1 aromatic carbocycles. The lowest BCUT2D eigenvalue weighted by molar-refractivity contribution is -0.145. The van der Waals surface area contributed by atoms with Gasteiger partial charge in [0.15, 0.2) is 0 Å². The molecule has 0 N–H and O–H groups in total. The molecule has 3 heteroatoms. The Morgan fingerprint density at radius 2 is 1.67 bits per heavy atom. The molecular formula is C15H20O3. The second-order valence-electron chi connectivity index (χ2n) is 4.57. The number of carbonyl (C=O) groups is 2. The molecule has 0 heterocycles. The van der Waals surface area contributed by atoms with Crippen LogP contribution in [0.5, 0.6) is 0 Å². The number of carbonyl (C=O) groups excluding carboxylic acids is 2. The highest BCUT2D eigenvalue weighted by Crippen LogP contribution is 2.17. The van der Waals surface area contributed by atoms with Crippen LogP contribution in [0.1, 0.15) is 35.6 Å². The van der Waals surface area contributed by atoms with Crippen molar-refractivity contribution in [1.82, 2.24) is 0 Å². The molecule has 0 aliphatic heterocycles. The molecule has 0 atom stereocenters. The number of Topliss-reactive ketones (excluding diaryl/α,β-unsaturated/α-hetero) is 1. The molecule has 0 aliphatic carbocycles. The van der Waals surface area contributed by atoms with Crippen molar-refractivity contribution in [2.75, 3.05) is 6.61 Å². The SMILES string of the molecule is CCOC(=O)CC(=O)Cc1c(C)cc(C)cc1C. The van der Waals surface area contributed by atoms with E-state index in [0.717, 1.165) is 16.7 Å². The van der Waals surface area contributed by atoms with Gasteiger partial charge in [0.25, 0.3) is 0 Å². The van der Waals surface area contributed by atoms with Crippen LogP contribution in [0.2, 0.25) is 0 Å². The van der Waals surface area contributed by atoms with Crippen LogP contribution in [-0.4, -0.2) is 18.4 Å². The molecule has 0 bridgehead atoms. The predicted octanol–water partition coefficient (Wildman–Crippen LogP) is 2.68. The third-order valence-electron chi connectivity index (χ3n) is 2.86. The summed E-state index contributed by atoms with van der Waals surface area (Å²) in [4.78, 5) is 23.0. The first-order chi connectivity index (χ1) is 8.43. The van der Waals surface area contributed by atoms with Gasteiger partial charge in [-0.05, 0) is 44.4 Å². The number of hydrogen-bond acceptors (Lipinski definition) is 3. The van der Waals surface area contributed by atoms with E-state index in [9.17, 15) is 9.59 Å². The van der Waals surface area contributed by atoms with E-state index in [0.29, 0.717) is 13.0 Å². The highest BCUT2D eigenvalue weighted by Gasteiger charge is 2.13. The Morgan fingerprint density at radius 3 is 2.17 bits per heavy atom. The minimum atomic E-state index is -0.440. The Morgan fingerprint density at radius 1 is 1.11 bits per heavy atom. The monoisotopic (exact) mass is 248 g/mol. The second-order valence-corrected chi connectivity index (χ2v) is 4.57. The molecule has 0 saturated heterocycles. The maximum Gasteiger partial charge on any atom is 0.313 e. The average molecular weight is 248 g/mol. The molecule has 0 aliphatic rings. The third kappa shape index (κ3) is 3.99. The van der Waals surface area contributed by atoms with Gasteiger partial charge in [-0.15, -0.1) is 0 Å². The molecule has 98 valence electrons. The second kappa shape index (κ2) is 6.34. The van der Waals surface area contributed by atoms with Gasteiger partial charge in [0.2, 0.25) is 0 Å². The Kier molecular flexibility index (Phi) is 5.08. The molecule has 18 heavy (non-hydrogen) atoms. The van der Waals surface area contributed by atoms with E-state index in [1.54, 1.807) is 6.92 Å². The lowest BCUT2D eigenvalue weighted by Gasteiger charge is -2.10. The third-order valence-corrected chi connectivity index (χ3v) is 2.86. The predicted molar refractivity (Wildman–Crippen MR) is 70.6 cm³/mol. The van der Waals surface area contributed by atoms with Gasteiger partial charge in [0, 0.05) is 6.42 Å². The maximum atomic E-state index is 11.8. The van der Waals surface area contributed by atoms with Crippen molar-refractivity contribution >= 4 is 11.8 Å². The van der Waals surface area contributed by atoms with Crippen LogP contribution in [0.4, 0.5) is 0 Å². The lowest BCUT2D eigenvalue weighted by atomic mass is 9.95. The average Bonchev–Trinajstić information content (AvgIpc) is 2.23. The summed E-state index contributed by atoms with van der Waals surface area (Å²) in [5, 5.41) is 0. The lowest BCUT2D eigenvalue weighted by Crippen LogP contribution is -2.14. The standard InChI is InChI=1S/C15H20O3/c1-5-18-15(17)9-13(16)8-14-11(3)6-10(2)7-12(14)4/h6-7H,5,8-9H2,1-4H3. The van der Waals surface area contributed by atoms with E-state index >= 15 is 0 Å². The number of aryl methyl sites for hydroxylation is 3. The zero-order valence-electron chi connectivity index (χ0n) is 11.5. The van der Waals surface area contributed by atoms with Crippen LogP contribution < -0.4 is 0 Å². The number of ketones is 1. The maximum absolute atomic E-state index is 11.8. The summed E-state index contributed by atoms with van der Waals surface area (Å²) in [6.07, 6.45) is 0.164. The molecule has 0 aromatic heterocycles. The minimum Gasteiger partial charge on any atom is -0.466 e. The number of hydrogen-bond donors (Lipinski definition) is 0. The van der Waals surface area contributed by atoms with Gasteiger partial charge >= 0.3 is 5.97 Å². The Balaban J connectivity index is 2.73. The van der Waals surface area contributed by atoms with Gasteiger partial charge in [-0.1, -0.05) is 17.7 Å². The summed E-state index contributed by atoms with van der Waals surface area (Å²) < 4.78 is 4.77. The molecule has 0 fully saturated rings. The molecular weight excluding hydrogens is 228 g/mol. The van der Waals surface area contributed by atoms with Gasteiger partial charge < -0.3 is 4.74 Å². The number of rotatable bonds is 5. The zero-order chi connectivity index (χ0) is 13.7. The fraction of sp³-hybridized carbons (Fsp3) is 0.467. The van der Waals surface area contributed by atoms with E-state index in [2.05, 4.69) is 12.1 Å². The normalized spacial score (nSPS) is 10.2.